The molecule has 3 aromatic rings. The summed E-state index contributed by atoms with van der Waals surface area (Å²) in [6, 6.07) is 16.6. The van der Waals surface area contributed by atoms with Crippen molar-refractivity contribution in [1.82, 2.24) is 9.78 Å². The van der Waals surface area contributed by atoms with Crippen molar-refractivity contribution in [2.24, 2.45) is 0 Å². The lowest BCUT2D eigenvalue weighted by molar-refractivity contribution is -0.114. The first-order chi connectivity index (χ1) is 12.6. The molecule has 0 saturated carbocycles. The normalized spacial score (nSPS) is 10.7. The van der Waals surface area contributed by atoms with E-state index in [0.717, 1.165) is 11.3 Å². The first-order valence-electron chi connectivity index (χ1n) is 8.07. The molecule has 2 amide bonds. The summed E-state index contributed by atoms with van der Waals surface area (Å²) in [5, 5.41) is 9.72. The third-order valence-electron chi connectivity index (χ3n) is 3.52. The molecule has 0 saturated heterocycles. The molecule has 130 valence electrons. The molecule has 6 heteroatoms. The summed E-state index contributed by atoms with van der Waals surface area (Å²) >= 11 is 0. The lowest BCUT2D eigenvalue weighted by atomic mass is 10.2. The number of anilines is 2. The Kier molecular flexibility index (Phi) is 5.24. The van der Waals surface area contributed by atoms with Crippen LogP contribution in [-0.4, -0.2) is 21.6 Å². The molecule has 2 aromatic carbocycles. The Labute approximate surface area is 151 Å². The molecule has 0 aliphatic carbocycles. The molecule has 26 heavy (non-hydrogen) atoms. The number of aromatic nitrogens is 2. The lowest BCUT2D eigenvalue weighted by Gasteiger charge is -2.05. The van der Waals surface area contributed by atoms with Crippen LogP contribution in [0, 0.1) is 0 Å². The van der Waals surface area contributed by atoms with Crippen LogP contribution in [0.2, 0.25) is 0 Å². The monoisotopic (exact) mass is 346 g/mol. The van der Waals surface area contributed by atoms with E-state index in [4.69, 9.17) is 0 Å². The van der Waals surface area contributed by atoms with Crippen LogP contribution in [0.15, 0.2) is 73.1 Å². The molecule has 3 rings (SSSR count). The van der Waals surface area contributed by atoms with Gasteiger partial charge < -0.3 is 10.6 Å². The first kappa shape index (κ1) is 17.2. The lowest BCUT2D eigenvalue weighted by Crippen LogP contribution is -2.08. The second-order valence-corrected chi connectivity index (χ2v) is 5.63. The van der Waals surface area contributed by atoms with Gasteiger partial charge in [0.25, 0.3) is 0 Å². The molecule has 0 unspecified atom stereocenters. The number of benzene rings is 2. The summed E-state index contributed by atoms with van der Waals surface area (Å²) in [7, 11) is 0. The van der Waals surface area contributed by atoms with Crippen LogP contribution in [0.1, 0.15) is 12.5 Å². The first-order valence-corrected chi connectivity index (χ1v) is 8.07. The number of hydrogen-bond acceptors (Lipinski definition) is 3. The predicted octanol–water partition coefficient (Wildman–Crippen LogP) is 3.48. The van der Waals surface area contributed by atoms with Gasteiger partial charge in [-0.25, -0.2) is 4.68 Å². The number of rotatable bonds is 5. The SMILES string of the molecule is CC(=O)Nc1ccc(NC(=O)/C=C/c2cnn(-c3ccccc3)c2)cc1. The molecule has 0 radical (unpaired) electrons. The van der Waals surface area contributed by atoms with Crippen molar-refractivity contribution in [2.75, 3.05) is 10.6 Å². The highest BCUT2D eigenvalue weighted by atomic mass is 16.2. The molecule has 0 aliphatic heterocycles. The van der Waals surface area contributed by atoms with Gasteiger partial charge in [-0.3, -0.25) is 9.59 Å². The van der Waals surface area contributed by atoms with Crippen LogP contribution in [0.25, 0.3) is 11.8 Å². The van der Waals surface area contributed by atoms with Gasteiger partial charge in [0.1, 0.15) is 0 Å². The number of amides is 2. The molecule has 1 heterocycles. The van der Waals surface area contributed by atoms with Crippen LogP contribution in [0.5, 0.6) is 0 Å². The van der Waals surface area contributed by atoms with Gasteiger partial charge >= 0.3 is 0 Å². The van der Waals surface area contributed by atoms with Crippen molar-refractivity contribution < 1.29 is 9.59 Å². The van der Waals surface area contributed by atoms with Crippen molar-refractivity contribution in [2.45, 2.75) is 6.92 Å². The van der Waals surface area contributed by atoms with Crippen molar-refractivity contribution in [3.05, 3.63) is 78.6 Å². The molecular weight excluding hydrogens is 328 g/mol. The minimum Gasteiger partial charge on any atom is -0.326 e. The fourth-order valence-corrected chi connectivity index (χ4v) is 2.34. The predicted molar refractivity (Wildman–Crippen MR) is 102 cm³/mol. The molecule has 6 nitrogen and oxygen atoms in total. The van der Waals surface area contributed by atoms with Crippen LogP contribution >= 0.6 is 0 Å². The summed E-state index contributed by atoms with van der Waals surface area (Å²) in [6.45, 7) is 1.44. The fraction of sp³-hybridized carbons (Fsp3) is 0.0500. The van der Waals surface area contributed by atoms with Gasteiger partial charge in [-0.15, -0.1) is 0 Å². The zero-order chi connectivity index (χ0) is 18.4. The number of para-hydroxylation sites is 1. The zero-order valence-electron chi connectivity index (χ0n) is 14.2. The van der Waals surface area contributed by atoms with Crippen molar-refractivity contribution in [3.8, 4) is 5.69 Å². The van der Waals surface area contributed by atoms with Gasteiger partial charge in [0.2, 0.25) is 11.8 Å². The third kappa shape index (κ3) is 4.67. The quantitative estimate of drug-likeness (QED) is 0.695. The van der Waals surface area contributed by atoms with E-state index in [1.807, 2.05) is 36.5 Å². The molecule has 0 bridgehead atoms. The van der Waals surface area contributed by atoms with Gasteiger partial charge in [-0.2, -0.15) is 5.10 Å². The van der Waals surface area contributed by atoms with E-state index in [9.17, 15) is 9.59 Å². The number of carbonyl (C=O) groups is 2. The standard InChI is InChI=1S/C20H18N4O2/c1-15(25)22-17-8-10-18(11-9-17)23-20(26)12-7-16-13-21-24(14-16)19-5-3-2-4-6-19/h2-14H,1H3,(H,22,25)(H,23,26)/b12-7+. The number of nitrogens with one attached hydrogen (secondary N) is 2. The van der Waals surface area contributed by atoms with Crippen LogP contribution < -0.4 is 10.6 Å². The second kappa shape index (κ2) is 7.94. The summed E-state index contributed by atoms with van der Waals surface area (Å²) in [6.07, 6.45) is 6.70. The number of carbonyl (C=O) groups excluding carboxylic acids is 2. The fourth-order valence-electron chi connectivity index (χ4n) is 2.34. The van der Waals surface area contributed by atoms with Crippen LogP contribution in [0.3, 0.4) is 0 Å². The van der Waals surface area contributed by atoms with E-state index < -0.39 is 0 Å². The molecule has 0 fully saturated rings. The summed E-state index contributed by atoms with van der Waals surface area (Å²) in [5.74, 6) is -0.384. The second-order valence-electron chi connectivity index (χ2n) is 5.63. The Morgan fingerprint density at radius 1 is 0.962 bits per heavy atom. The van der Waals surface area contributed by atoms with Crippen LogP contribution in [-0.2, 0) is 9.59 Å². The minimum absolute atomic E-state index is 0.138. The van der Waals surface area contributed by atoms with Crippen molar-refractivity contribution in [3.63, 3.8) is 0 Å². The number of nitrogens with zero attached hydrogens (tertiary/aromatic N) is 2. The van der Waals surface area contributed by atoms with Gasteiger partial charge in [0.15, 0.2) is 0 Å². The van der Waals surface area contributed by atoms with Gasteiger partial charge in [0.05, 0.1) is 11.9 Å². The third-order valence-corrected chi connectivity index (χ3v) is 3.52. The topological polar surface area (TPSA) is 76.0 Å². The Morgan fingerprint density at radius 3 is 2.27 bits per heavy atom. The molecule has 1 aromatic heterocycles. The van der Waals surface area contributed by atoms with Gasteiger partial charge in [-0.1, -0.05) is 18.2 Å². The summed E-state index contributed by atoms with van der Waals surface area (Å²) < 4.78 is 1.75. The van der Waals surface area contributed by atoms with Gasteiger partial charge in [0, 0.05) is 36.1 Å². The Morgan fingerprint density at radius 2 is 1.62 bits per heavy atom. The molecule has 2 N–H and O–H groups in total. The molecule has 0 aliphatic rings. The minimum atomic E-state index is -0.246. The highest BCUT2D eigenvalue weighted by molar-refractivity contribution is 6.02. The largest absolute Gasteiger partial charge is 0.326 e. The van der Waals surface area contributed by atoms with Crippen molar-refractivity contribution >= 4 is 29.3 Å². The maximum atomic E-state index is 12.0. The summed E-state index contributed by atoms with van der Waals surface area (Å²) in [5.41, 5.74) is 3.11. The van der Waals surface area contributed by atoms with E-state index >= 15 is 0 Å². The average molecular weight is 346 g/mol. The van der Waals surface area contributed by atoms with E-state index in [-0.39, 0.29) is 11.8 Å². The Bertz CT molecular complexity index is 928. The molecular formula is C20H18N4O2. The van der Waals surface area contributed by atoms with Crippen LogP contribution in [0.4, 0.5) is 11.4 Å². The Balaban J connectivity index is 1.59. The average Bonchev–Trinajstić information content (AvgIpc) is 3.11. The van der Waals surface area contributed by atoms with E-state index in [0.29, 0.717) is 11.4 Å². The van der Waals surface area contributed by atoms with E-state index in [1.165, 1.54) is 13.0 Å². The molecule has 0 spiro atoms. The van der Waals surface area contributed by atoms with Gasteiger partial charge in [-0.05, 0) is 42.5 Å². The Hall–Kier alpha value is -3.67. The highest BCUT2D eigenvalue weighted by Crippen LogP contribution is 2.14. The van der Waals surface area contributed by atoms with E-state index in [2.05, 4.69) is 15.7 Å². The number of hydrogen-bond donors (Lipinski definition) is 2. The maximum Gasteiger partial charge on any atom is 0.248 e. The zero-order valence-corrected chi connectivity index (χ0v) is 14.2. The maximum absolute atomic E-state index is 12.0. The highest BCUT2D eigenvalue weighted by Gasteiger charge is 2.01. The smallest absolute Gasteiger partial charge is 0.248 e. The van der Waals surface area contributed by atoms with Crippen molar-refractivity contribution in [1.29, 1.82) is 0 Å². The molecule has 0 atom stereocenters. The van der Waals surface area contributed by atoms with E-state index in [1.54, 1.807) is 41.2 Å². The summed E-state index contributed by atoms with van der Waals surface area (Å²) in [4.78, 5) is 23.0.